The third-order valence-corrected chi connectivity index (χ3v) is 7.21. The maximum absolute atomic E-state index is 15.4. The lowest BCUT2D eigenvalue weighted by Crippen LogP contribution is -2.43. The molecule has 2 N–H and O–H groups in total. The molecule has 36 heavy (non-hydrogen) atoms. The van der Waals surface area contributed by atoms with E-state index in [9.17, 15) is 14.0 Å². The Kier molecular flexibility index (Phi) is 6.40. The van der Waals surface area contributed by atoms with Crippen molar-refractivity contribution in [1.82, 2.24) is 15.3 Å². The normalized spacial score (nSPS) is 20.9. The molecule has 2 aliphatic heterocycles. The monoisotopic (exact) mass is 508 g/mol. The van der Waals surface area contributed by atoms with Gasteiger partial charge in [-0.05, 0) is 30.3 Å². The van der Waals surface area contributed by atoms with Gasteiger partial charge < -0.3 is 15.5 Å². The highest BCUT2D eigenvalue weighted by molar-refractivity contribution is 8.13. The number of amidine groups is 1. The minimum Gasteiger partial charge on any atom is -0.338 e. The average Bonchev–Trinajstić information content (AvgIpc) is 3.26. The molecule has 3 heterocycles. The second-order valence-electron chi connectivity index (χ2n) is 8.63. The van der Waals surface area contributed by atoms with Crippen molar-refractivity contribution in [2.75, 3.05) is 29.1 Å². The van der Waals surface area contributed by atoms with Gasteiger partial charge in [0.1, 0.15) is 11.4 Å². The highest BCUT2D eigenvalue weighted by Gasteiger charge is 2.52. The second-order valence-corrected chi connectivity index (χ2v) is 9.64. The number of hydrogen-bond donors (Lipinski definition) is 2. The molecule has 0 aliphatic carbocycles. The molecule has 0 bridgehead atoms. The Morgan fingerprint density at radius 2 is 1.83 bits per heavy atom. The van der Waals surface area contributed by atoms with Crippen LogP contribution in [0, 0.1) is 17.6 Å². The number of thioether (sulfide) groups is 1. The van der Waals surface area contributed by atoms with E-state index in [1.807, 2.05) is 11.0 Å². The lowest BCUT2D eigenvalue weighted by Gasteiger charge is -2.35. The molecule has 2 aliphatic rings. The number of nitrogens with one attached hydrogen (secondary N) is 2. The molecule has 1 fully saturated rings. The number of hydrogen-bond acceptors (Lipinski definition) is 7. The summed E-state index contributed by atoms with van der Waals surface area (Å²) in [5.74, 6) is -0.976. The summed E-state index contributed by atoms with van der Waals surface area (Å²) in [6, 6.07) is 13.1. The van der Waals surface area contributed by atoms with Crippen molar-refractivity contribution in [2.24, 2.45) is 10.9 Å². The highest BCUT2D eigenvalue weighted by Crippen LogP contribution is 2.47. The third kappa shape index (κ3) is 4.66. The van der Waals surface area contributed by atoms with E-state index < -0.39 is 17.2 Å². The number of carbonyl (C=O) groups is 2. The van der Waals surface area contributed by atoms with Crippen LogP contribution in [0.1, 0.15) is 22.8 Å². The molecule has 11 heteroatoms. The minimum absolute atomic E-state index is 0.171. The summed E-state index contributed by atoms with van der Waals surface area (Å²) in [6.45, 7) is 2.03. The first-order valence-electron chi connectivity index (χ1n) is 11.2. The Hall–Kier alpha value is -3.86. The summed E-state index contributed by atoms with van der Waals surface area (Å²) in [5, 5.41) is 5.91. The molecule has 0 saturated carbocycles. The first-order chi connectivity index (χ1) is 17.3. The van der Waals surface area contributed by atoms with Gasteiger partial charge in [-0.25, -0.2) is 23.7 Å². The van der Waals surface area contributed by atoms with Gasteiger partial charge in [0.15, 0.2) is 11.0 Å². The number of anilines is 2. The van der Waals surface area contributed by atoms with Crippen molar-refractivity contribution >= 4 is 40.4 Å². The molecule has 2 amide bonds. The molecule has 184 valence electrons. The summed E-state index contributed by atoms with van der Waals surface area (Å²) in [4.78, 5) is 39.4. The molecular weight excluding hydrogens is 486 g/mol. The van der Waals surface area contributed by atoms with Gasteiger partial charge in [0, 0.05) is 42.0 Å². The van der Waals surface area contributed by atoms with E-state index >= 15 is 4.39 Å². The SMILES string of the molecule is CC(=O)Nc1ccc(F)c(C23CN(c4ncc(F)cn4)CC2CSC(NC(=O)c2ccccc2)=N3)c1. The van der Waals surface area contributed by atoms with E-state index in [0.717, 1.165) is 12.4 Å². The van der Waals surface area contributed by atoms with E-state index in [2.05, 4.69) is 20.6 Å². The number of aromatic nitrogens is 2. The quantitative estimate of drug-likeness (QED) is 0.559. The fourth-order valence-electron chi connectivity index (χ4n) is 4.56. The van der Waals surface area contributed by atoms with Crippen molar-refractivity contribution in [3.63, 3.8) is 0 Å². The fraction of sp³-hybridized carbons (Fsp3) is 0.240. The Balaban J connectivity index is 1.56. The number of benzene rings is 2. The van der Waals surface area contributed by atoms with Crippen LogP contribution in [0.25, 0.3) is 0 Å². The Bertz CT molecular complexity index is 1340. The van der Waals surface area contributed by atoms with Crippen LogP contribution in [0.4, 0.5) is 20.4 Å². The van der Waals surface area contributed by atoms with E-state index in [1.54, 1.807) is 30.3 Å². The maximum atomic E-state index is 15.4. The largest absolute Gasteiger partial charge is 0.338 e. The smallest absolute Gasteiger partial charge is 0.257 e. The molecular formula is C25H22F2N6O2S. The van der Waals surface area contributed by atoms with Crippen LogP contribution in [0.5, 0.6) is 0 Å². The standard InChI is InChI=1S/C25H22F2N6O2S/c1-15(34)30-19-7-8-21(27)20(9-19)25-14-33(23-28-10-18(26)11-29-23)12-17(25)13-36-24(32-25)31-22(35)16-5-3-2-4-6-16/h2-11,17H,12-14H2,1H3,(H,30,34)(H,31,32,35). The van der Waals surface area contributed by atoms with Crippen LogP contribution >= 0.6 is 11.8 Å². The lowest BCUT2D eigenvalue weighted by molar-refractivity contribution is -0.114. The van der Waals surface area contributed by atoms with Crippen LogP contribution in [-0.2, 0) is 10.3 Å². The van der Waals surface area contributed by atoms with Gasteiger partial charge in [-0.2, -0.15) is 0 Å². The minimum atomic E-state index is -1.10. The van der Waals surface area contributed by atoms with Gasteiger partial charge in [0.25, 0.3) is 5.91 Å². The van der Waals surface area contributed by atoms with Gasteiger partial charge in [-0.3, -0.25) is 9.59 Å². The number of rotatable bonds is 4. The zero-order valence-corrected chi connectivity index (χ0v) is 20.1. The Labute approximate surface area is 210 Å². The maximum Gasteiger partial charge on any atom is 0.257 e. The van der Waals surface area contributed by atoms with Crippen LogP contribution in [0.3, 0.4) is 0 Å². The Morgan fingerprint density at radius 1 is 1.08 bits per heavy atom. The second kappa shape index (κ2) is 9.65. The summed E-state index contributed by atoms with van der Waals surface area (Å²) in [7, 11) is 0. The van der Waals surface area contributed by atoms with Gasteiger partial charge in [0.2, 0.25) is 11.9 Å². The molecule has 2 aromatic carbocycles. The number of halogens is 2. The van der Waals surface area contributed by atoms with Crippen molar-refractivity contribution in [3.05, 3.63) is 83.7 Å². The molecule has 1 aromatic heterocycles. The molecule has 0 radical (unpaired) electrons. The number of fused-ring (bicyclic) bond motifs is 1. The van der Waals surface area contributed by atoms with E-state index in [-0.39, 0.29) is 29.8 Å². The molecule has 2 unspecified atom stereocenters. The number of carbonyl (C=O) groups excluding carboxylic acids is 2. The summed E-state index contributed by atoms with van der Waals surface area (Å²) in [6.07, 6.45) is 2.16. The number of nitrogens with zero attached hydrogens (tertiary/aromatic N) is 4. The fourth-order valence-corrected chi connectivity index (χ4v) is 5.69. The average molecular weight is 509 g/mol. The van der Waals surface area contributed by atoms with Crippen molar-refractivity contribution < 1.29 is 18.4 Å². The molecule has 2 atom stereocenters. The van der Waals surface area contributed by atoms with E-state index in [4.69, 9.17) is 4.99 Å². The van der Waals surface area contributed by atoms with Crippen LogP contribution in [-0.4, -0.2) is 45.8 Å². The predicted octanol–water partition coefficient (Wildman–Crippen LogP) is 3.58. The van der Waals surface area contributed by atoms with Gasteiger partial charge >= 0.3 is 0 Å². The number of amides is 2. The molecule has 8 nitrogen and oxygen atoms in total. The molecule has 1 saturated heterocycles. The zero-order valence-electron chi connectivity index (χ0n) is 19.2. The topological polar surface area (TPSA) is 99.6 Å². The van der Waals surface area contributed by atoms with Gasteiger partial charge in [-0.15, -0.1) is 0 Å². The van der Waals surface area contributed by atoms with Crippen molar-refractivity contribution in [1.29, 1.82) is 0 Å². The molecule has 5 rings (SSSR count). The molecule has 3 aromatic rings. The van der Waals surface area contributed by atoms with Gasteiger partial charge in [0.05, 0.1) is 18.9 Å². The third-order valence-electron chi connectivity index (χ3n) is 6.17. The highest BCUT2D eigenvalue weighted by atomic mass is 32.2. The molecule has 0 spiro atoms. The van der Waals surface area contributed by atoms with E-state index in [1.165, 1.54) is 30.8 Å². The van der Waals surface area contributed by atoms with Gasteiger partial charge in [-0.1, -0.05) is 30.0 Å². The first-order valence-corrected chi connectivity index (χ1v) is 12.2. The van der Waals surface area contributed by atoms with Crippen molar-refractivity contribution in [3.8, 4) is 0 Å². The lowest BCUT2D eigenvalue weighted by atomic mass is 9.81. The summed E-state index contributed by atoms with van der Waals surface area (Å²) in [5.41, 5.74) is 0.103. The Morgan fingerprint density at radius 3 is 2.56 bits per heavy atom. The zero-order chi connectivity index (χ0) is 25.3. The summed E-state index contributed by atoms with van der Waals surface area (Å²) >= 11 is 1.37. The van der Waals surface area contributed by atoms with Crippen LogP contribution in [0.15, 0.2) is 65.9 Å². The van der Waals surface area contributed by atoms with E-state index in [0.29, 0.717) is 34.7 Å². The first kappa shape index (κ1) is 23.9. The van der Waals surface area contributed by atoms with Crippen LogP contribution in [0.2, 0.25) is 0 Å². The van der Waals surface area contributed by atoms with Crippen molar-refractivity contribution in [2.45, 2.75) is 12.5 Å². The summed E-state index contributed by atoms with van der Waals surface area (Å²) < 4.78 is 28.8. The number of aliphatic imine (C=N–C) groups is 1. The van der Waals surface area contributed by atoms with Crippen LogP contribution < -0.4 is 15.5 Å². The predicted molar refractivity (Wildman–Crippen MR) is 134 cm³/mol.